The maximum absolute atomic E-state index is 11.8. The minimum Gasteiger partial charge on any atom is -0.457 e. The smallest absolute Gasteiger partial charge is 0.341 e. The van der Waals surface area contributed by atoms with Crippen LogP contribution < -0.4 is 0 Å². The molecule has 0 spiro atoms. The number of esters is 1. The van der Waals surface area contributed by atoms with Gasteiger partial charge in [0.2, 0.25) is 0 Å². The van der Waals surface area contributed by atoms with Crippen molar-refractivity contribution in [2.75, 3.05) is 0 Å². The molecule has 0 unspecified atom stereocenters. The lowest BCUT2D eigenvalue weighted by Crippen LogP contribution is -2.06. The number of pyridine rings is 1. The predicted octanol–water partition coefficient (Wildman–Crippen LogP) is 3.85. The van der Waals surface area contributed by atoms with E-state index in [-0.39, 0.29) is 12.2 Å². The number of nitrogens with zero attached hydrogens (tertiary/aromatic N) is 1. The van der Waals surface area contributed by atoms with E-state index in [2.05, 4.69) is 20.9 Å². The number of aromatic nitrogens is 1. The molecule has 0 aliphatic carbocycles. The van der Waals surface area contributed by atoms with Gasteiger partial charge in [-0.1, -0.05) is 45.7 Å². The van der Waals surface area contributed by atoms with Crippen LogP contribution in [-0.4, -0.2) is 11.0 Å². The SMILES string of the molecule is O=C(OCc1ccccc1Br)c1cnccc1Cl. The summed E-state index contributed by atoms with van der Waals surface area (Å²) in [6, 6.07) is 9.09. The number of benzene rings is 1. The highest BCUT2D eigenvalue weighted by Gasteiger charge is 2.12. The Morgan fingerprint density at radius 1 is 1.33 bits per heavy atom. The third kappa shape index (κ3) is 3.09. The van der Waals surface area contributed by atoms with Gasteiger partial charge in [0.25, 0.3) is 0 Å². The Balaban J connectivity index is 2.06. The molecule has 2 aromatic rings. The van der Waals surface area contributed by atoms with E-state index >= 15 is 0 Å². The molecule has 0 bridgehead atoms. The normalized spacial score (nSPS) is 10.1. The fraction of sp³-hybridized carbons (Fsp3) is 0.0769. The van der Waals surface area contributed by atoms with E-state index in [0.717, 1.165) is 10.0 Å². The van der Waals surface area contributed by atoms with Gasteiger partial charge in [-0.3, -0.25) is 4.98 Å². The van der Waals surface area contributed by atoms with E-state index < -0.39 is 5.97 Å². The second-order valence-electron chi connectivity index (χ2n) is 3.52. The van der Waals surface area contributed by atoms with Crippen molar-refractivity contribution < 1.29 is 9.53 Å². The summed E-state index contributed by atoms with van der Waals surface area (Å²) < 4.78 is 6.08. The van der Waals surface area contributed by atoms with Gasteiger partial charge in [-0.15, -0.1) is 0 Å². The van der Waals surface area contributed by atoms with Gasteiger partial charge in [0.05, 0.1) is 10.6 Å². The minimum absolute atomic E-state index is 0.186. The summed E-state index contributed by atoms with van der Waals surface area (Å²) in [6.07, 6.45) is 2.91. The van der Waals surface area contributed by atoms with E-state index in [1.165, 1.54) is 12.4 Å². The van der Waals surface area contributed by atoms with E-state index in [1.54, 1.807) is 6.07 Å². The molecule has 1 heterocycles. The Kier molecular flexibility index (Phi) is 4.33. The second kappa shape index (κ2) is 5.98. The molecule has 1 aromatic heterocycles. The van der Waals surface area contributed by atoms with Crippen molar-refractivity contribution in [3.05, 3.63) is 63.3 Å². The molecule has 0 saturated carbocycles. The first-order chi connectivity index (χ1) is 8.68. The highest BCUT2D eigenvalue weighted by Crippen LogP contribution is 2.19. The van der Waals surface area contributed by atoms with Gasteiger partial charge < -0.3 is 4.74 Å². The van der Waals surface area contributed by atoms with Crippen LogP contribution >= 0.6 is 27.5 Å². The summed E-state index contributed by atoms with van der Waals surface area (Å²) in [7, 11) is 0. The van der Waals surface area contributed by atoms with Crippen molar-refractivity contribution in [2.45, 2.75) is 6.61 Å². The van der Waals surface area contributed by atoms with Gasteiger partial charge in [-0.05, 0) is 12.1 Å². The maximum atomic E-state index is 11.8. The molecule has 0 saturated heterocycles. The minimum atomic E-state index is -0.483. The Morgan fingerprint density at radius 3 is 2.83 bits per heavy atom. The molecule has 3 nitrogen and oxygen atoms in total. The molecule has 18 heavy (non-hydrogen) atoms. The van der Waals surface area contributed by atoms with Crippen LogP contribution in [0.3, 0.4) is 0 Å². The fourth-order valence-corrected chi connectivity index (χ4v) is 1.95. The first-order valence-electron chi connectivity index (χ1n) is 5.18. The second-order valence-corrected chi connectivity index (χ2v) is 4.78. The van der Waals surface area contributed by atoms with Crippen LogP contribution in [0.25, 0.3) is 0 Å². The largest absolute Gasteiger partial charge is 0.457 e. The van der Waals surface area contributed by atoms with E-state index in [1.807, 2.05) is 24.3 Å². The molecule has 2 rings (SSSR count). The van der Waals surface area contributed by atoms with Crippen LogP contribution in [-0.2, 0) is 11.3 Å². The summed E-state index contributed by atoms with van der Waals surface area (Å²) in [5, 5.41) is 0.335. The quantitative estimate of drug-likeness (QED) is 0.804. The molecule has 0 aliphatic rings. The highest BCUT2D eigenvalue weighted by molar-refractivity contribution is 9.10. The lowest BCUT2D eigenvalue weighted by Gasteiger charge is -2.07. The Morgan fingerprint density at radius 2 is 2.11 bits per heavy atom. The molecule has 0 aliphatic heterocycles. The first kappa shape index (κ1) is 13.1. The summed E-state index contributed by atoms with van der Waals surface area (Å²) in [4.78, 5) is 15.6. The lowest BCUT2D eigenvalue weighted by molar-refractivity contribution is 0.0471. The van der Waals surface area contributed by atoms with Crippen LogP contribution in [0.2, 0.25) is 5.02 Å². The number of hydrogen-bond donors (Lipinski definition) is 0. The van der Waals surface area contributed by atoms with Crippen molar-refractivity contribution in [1.29, 1.82) is 0 Å². The highest BCUT2D eigenvalue weighted by atomic mass is 79.9. The van der Waals surface area contributed by atoms with Crippen molar-refractivity contribution in [3.63, 3.8) is 0 Å². The topological polar surface area (TPSA) is 39.2 Å². The van der Waals surface area contributed by atoms with Crippen LogP contribution in [0, 0.1) is 0 Å². The zero-order chi connectivity index (χ0) is 13.0. The molecule has 92 valence electrons. The average molecular weight is 327 g/mol. The van der Waals surface area contributed by atoms with Gasteiger partial charge in [-0.2, -0.15) is 0 Å². The zero-order valence-electron chi connectivity index (χ0n) is 9.27. The Labute approximate surface area is 118 Å². The molecule has 5 heteroatoms. The van der Waals surface area contributed by atoms with Crippen LogP contribution in [0.15, 0.2) is 47.2 Å². The maximum Gasteiger partial charge on any atom is 0.341 e. The van der Waals surface area contributed by atoms with Crippen LogP contribution in [0.5, 0.6) is 0 Å². The van der Waals surface area contributed by atoms with E-state index in [0.29, 0.717) is 5.02 Å². The molecule has 0 amide bonds. The van der Waals surface area contributed by atoms with Crippen molar-refractivity contribution in [3.8, 4) is 0 Å². The number of ether oxygens (including phenoxy) is 1. The molecular formula is C13H9BrClNO2. The molecule has 0 radical (unpaired) electrons. The number of carbonyl (C=O) groups is 1. The molecule has 0 fully saturated rings. The average Bonchev–Trinajstić information content (AvgIpc) is 2.38. The number of rotatable bonds is 3. The number of carbonyl (C=O) groups excluding carboxylic acids is 1. The van der Waals surface area contributed by atoms with E-state index in [9.17, 15) is 4.79 Å². The van der Waals surface area contributed by atoms with Gasteiger partial charge in [0.15, 0.2) is 0 Å². The van der Waals surface area contributed by atoms with Gasteiger partial charge in [0, 0.05) is 22.4 Å². The number of hydrogen-bond acceptors (Lipinski definition) is 3. The first-order valence-corrected chi connectivity index (χ1v) is 6.35. The van der Waals surface area contributed by atoms with Crippen molar-refractivity contribution in [1.82, 2.24) is 4.98 Å². The fourth-order valence-electron chi connectivity index (χ4n) is 1.36. The summed E-state index contributed by atoms with van der Waals surface area (Å²) in [5.74, 6) is -0.483. The summed E-state index contributed by atoms with van der Waals surface area (Å²) in [5.41, 5.74) is 1.16. The third-order valence-electron chi connectivity index (χ3n) is 2.30. The Bertz CT molecular complexity index is 574. The van der Waals surface area contributed by atoms with Gasteiger partial charge in [0.1, 0.15) is 6.61 Å². The predicted molar refractivity (Wildman–Crippen MR) is 72.5 cm³/mol. The molecular weight excluding hydrogens is 318 g/mol. The number of halogens is 2. The summed E-state index contributed by atoms with van der Waals surface area (Å²) >= 11 is 9.27. The van der Waals surface area contributed by atoms with Crippen LogP contribution in [0.4, 0.5) is 0 Å². The van der Waals surface area contributed by atoms with Gasteiger partial charge >= 0.3 is 5.97 Å². The van der Waals surface area contributed by atoms with Crippen LogP contribution in [0.1, 0.15) is 15.9 Å². The Hall–Kier alpha value is -1.39. The molecule has 0 N–H and O–H groups in total. The van der Waals surface area contributed by atoms with Gasteiger partial charge in [-0.25, -0.2) is 4.79 Å². The van der Waals surface area contributed by atoms with E-state index in [4.69, 9.17) is 16.3 Å². The monoisotopic (exact) mass is 325 g/mol. The molecule has 1 aromatic carbocycles. The van der Waals surface area contributed by atoms with Crippen molar-refractivity contribution >= 4 is 33.5 Å². The van der Waals surface area contributed by atoms with Crippen molar-refractivity contribution in [2.24, 2.45) is 0 Å². The summed E-state index contributed by atoms with van der Waals surface area (Å²) in [6.45, 7) is 0.186. The molecule has 0 atom stereocenters. The third-order valence-corrected chi connectivity index (χ3v) is 3.41. The zero-order valence-corrected chi connectivity index (χ0v) is 11.6. The lowest BCUT2D eigenvalue weighted by atomic mass is 10.2. The standard InChI is InChI=1S/C13H9BrClNO2/c14-11-4-2-1-3-9(11)8-18-13(17)10-7-16-6-5-12(10)15/h1-7H,8H2.